The van der Waals surface area contributed by atoms with Crippen molar-refractivity contribution in [3.05, 3.63) is 47.3 Å². The number of esters is 2. The van der Waals surface area contributed by atoms with Crippen molar-refractivity contribution >= 4 is 11.9 Å². The van der Waals surface area contributed by atoms with Crippen LogP contribution in [0.25, 0.3) is 0 Å². The molecule has 0 aromatic heterocycles. The third-order valence-electron chi connectivity index (χ3n) is 3.57. The highest BCUT2D eigenvalue weighted by atomic mass is 19.1. The van der Waals surface area contributed by atoms with Gasteiger partial charge in [-0.05, 0) is 43.7 Å². The molecule has 1 aliphatic rings. The number of halogens is 1. The maximum atomic E-state index is 13.8. The lowest BCUT2D eigenvalue weighted by atomic mass is 10.0. The summed E-state index contributed by atoms with van der Waals surface area (Å²) in [6.45, 7) is 3.83. The summed E-state index contributed by atoms with van der Waals surface area (Å²) < 4.78 is 23.7. The molecule has 0 amide bonds. The smallest absolute Gasteiger partial charge is 0.334 e. The van der Waals surface area contributed by atoms with Gasteiger partial charge in [-0.3, -0.25) is 0 Å². The molecule has 0 N–H and O–H groups in total. The summed E-state index contributed by atoms with van der Waals surface area (Å²) in [6.07, 6.45) is 1.79. The third kappa shape index (κ3) is 3.72. The first kappa shape index (κ1) is 16.2. The molecule has 118 valence electrons. The summed E-state index contributed by atoms with van der Waals surface area (Å²) in [7, 11) is 0. The van der Waals surface area contributed by atoms with Gasteiger partial charge in [-0.15, -0.1) is 0 Å². The molecule has 0 bridgehead atoms. The molecule has 1 saturated carbocycles. The zero-order chi connectivity index (χ0) is 16.1. The highest BCUT2D eigenvalue weighted by Gasteiger charge is 2.45. The van der Waals surface area contributed by atoms with Gasteiger partial charge in [0.1, 0.15) is 5.82 Å². The van der Waals surface area contributed by atoms with Crippen LogP contribution in [0.1, 0.15) is 31.7 Å². The van der Waals surface area contributed by atoms with Crippen molar-refractivity contribution < 1.29 is 23.5 Å². The van der Waals surface area contributed by atoms with Crippen LogP contribution in [0.5, 0.6) is 0 Å². The average Bonchev–Trinajstić information content (AvgIpc) is 3.26. The molecule has 1 aromatic rings. The molecule has 1 fully saturated rings. The normalized spacial score (nSPS) is 20.4. The Morgan fingerprint density at radius 2 is 1.91 bits per heavy atom. The summed E-state index contributed by atoms with van der Waals surface area (Å²) in [5.74, 6) is -1.73. The first-order chi connectivity index (χ1) is 10.6. The van der Waals surface area contributed by atoms with Gasteiger partial charge in [0.05, 0.1) is 13.2 Å². The molecule has 1 aromatic carbocycles. The van der Waals surface area contributed by atoms with Gasteiger partial charge in [0.2, 0.25) is 0 Å². The lowest BCUT2D eigenvalue weighted by Crippen LogP contribution is -2.13. The Kier molecular flexibility index (Phi) is 5.31. The maximum absolute atomic E-state index is 13.8. The molecule has 2 rings (SSSR count). The first-order valence-electron chi connectivity index (χ1n) is 7.38. The summed E-state index contributed by atoms with van der Waals surface area (Å²) in [5.41, 5.74) is 0.820. The van der Waals surface area contributed by atoms with Crippen molar-refractivity contribution in [2.24, 2.45) is 5.92 Å². The zero-order valence-corrected chi connectivity index (χ0v) is 12.7. The minimum Gasteiger partial charge on any atom is -0.463 e. The second-order valence-corrected chi connectivity index (χ2v) is 5.04. The van der Waals surface area contributed by atoms with Gasteiger partial charge in [0, 0.05) is 11.6 Å². The van der Waals surface area contributed by atoms with Crippen LogP contribution in [-0.2, 0) is 19.1 Å². The number of carbonyl (C=O) groups is 2. The van der Waals surface area contributed by atoms with Crippen LogP contribution in [0.15, 0.2) is 35.9 Å². The molecule has 0 saturated heterocycles. The van der Waals surface area contributed by atoms with E-state index in [-0.39, 0.29) is 36.4 Å². The Morgan fingerprint density at radius 1 is 1.23 bits per heavy atom. The third-order valence-corrected chi connectivity index (χ3v) is 3.57. The minimum atomic E-state index is -0.579. The number of rotatable bonds is 6. The molecule has 5 heteroatoms. The largest absolute Gasteiger partial charge is 0.463 e. The average molecular weight is 306 g/mol. The van der Waals surface area contributed by atoms with E-state index in [1.165, 1.54) is 12.1 Å². The van der Waals surface area contributed by atoms with Gasteiger partial charge in [-0.2, -0.15) is 0 Å². The molecule has 0 spiro atoms. The Morgan fingerprint density at radius 3 is 2.55 bits per heavy atom. The van der Waals surface area contributed by atoms with Crippen LogP contribution < -0.4 is 0 Å². The molecule has 1 aliphatic carbocycles. The molecule has 2 atom stereocenters. The fourth-order valence-electron chi connectivity index (χ4n) is 2.50. The molecular formula is C17H19FO4. The van der Waals surface area contributed by atoms with E-state index >= 15 is 0 Å². The van der Waals surface area contributed by atoms with Crippen molar-refractivity contribution in [2.75, 3.05) is 13.2 Å². The second kappa shape index (κ2) is 7.20. The fraction of sp³-hybridized carbons (Fsp3) is 0.412. The quantitative estimate of drug-likeness (QED) is 0.599. The Bertz CT molecular complexity index is 594. The van der Waals surface area contributed by atoms with E-state index in [0.29, 0.717) is 12.0 Å². The Balaban J connectivity index is 2.19. The van der Waals surface area contributed by atoms with Crippen molar-refractivity contribution in [3.8, 4) is 0 Å². The fourth-order valence-corrected chi connectivity index (χ4v) is 2.50. The number of hydrogen-bond donors (Lipinski definition) is 0. The van der Waals surface area contributed by atoms with Crippen LogP contribution in [0.3, 0.4) is 0 Å². The molecule has 0 radical (unpaired) electrons. The molecule has 0 unspecified atom stereocenters. The van der Waals surface area contributed by atoms with Gasteiger partial charge in [-0.25, -0.2) is 14.0 Å². The van der Waals surface area contributed by atoms with Crippen LogP contribution in [0, 0.1) is 11.7 Å². The lowest BCUT2D eigenvalue weighted by molar-refractivity contribution is -0.141. The Hall–Kier alpha value is -2.17. The summed E-state index contributed by atoms with van der Waals surface area (Å²) in [5, 5.41) is 0. The van der Waals surface area contributed by atoms with Gasteiger partial charge < -0.3 is 9.47 Å². The van der Waals surface area contributed by atoms with Crippen molar-refractivity contribution in [1.82, 2.24) is 0 Å². The minimum absolute atomic E-state index is 0.105. The monoisotopic (exact) mass is 306 g/mol. The highest BCUT2D eigenvalue weighted by molar-refractivity contribution is 5.97. The van der Waals surface area contributed by atoms with Gasteiger partial charge in [0.15, 0.2) is 0 Å². The highest BCUT2D eigenvalue weighted by Crippen LogP contribution is 2.52. The van der Waals surface area contributed by atoms with Gasteiger partial charge >= 0.3 is 11.9 Å². The SMILES string of the molecule is CCOC(=O)/C=C(\C(=O)OCC)[C@@H]1C[C@@H]1c1ccccc1F. The van der Waals surface area contributed by atoms with E-state index in [1.54, 1.807) is 32.0 Å². The van der Waals surface area contributed by atoms with E-state index in [1.807, 2.05) is 0 Å². The van der Waals surface area contributed by atoms with E-state index in [4.69, 9.17) is 9.47 Å². The molecule has 4 nitrogen and oxygen atoms in total. The summed E-state index contributed by atoms with van der Waals surface area (Å²) in [4.78, 5) is 23.7. The van der Waals surface area contributed by atoms with Gasteiger partial charge in [0.25, 0.3) is 0 Å². The number of benzene rings is 1. The van der Waals surface area contributed by atoms with Crippen molar-refractivity contribution in [3.63, 3.8) is 0 Å². The van der Waals surface area contributed by atoms with E-state index < -0.39 is 11.9 Å². The summed E-state index contributed by atoms with van der Waals surface area (Å²) >= 11 is 0. The first-order valence-corrected chi connectivity index (χ1v) is 7.38. The lowest BCUT2D eigenvalue weighted by Gasteiger charge is -2.07. The van der Waals surface area contributed by atoms with Crippen LogP contribution >= 0.6 is 0 Å². The zero-order valence-electron chi connectivity index (χ0n) is 12.7. The molecular weight excluding hydrogens is 287 g/mol. The number of hydrogen-bond acceptors (Lipinski definition) is 4. The molecule has 0 heterocycles. The van der Waals surface area contributed by atoms with E-state index in [9.17, 15) is 14.0 Å². The molecule has 0 aliphatic heterocycles. The summed E-state index contributed by atoms with van der Waals surface area (Å²) in [6, 6.07) is 6.47. The van der Waals surface area contributed by atoms with E-state index in [0.717, 1.165) is 0 Å². The maximum Gasteiger partial charge on any atom is 0.334 e. The number of carbonyl (C=O) groups excluding carboxylic acids is 2. The van der Waals surface area contributed by atoms with Crippen molar-refractivity contribution in [2.45, 2.75) is 26.2 Å². The standard InChI is InChI=1S/C17H19FO4/c1-3-21-16(19)10-14(17(20)22-4-2)13-9-12(13)11-7-5-6-8-15(11)18/h5-8,10,12-13H,3-4,9H2,1-2H3/b14-10-/t12-,13-/m1/s1. The predicted molar refractivity (Wildman–Crippen MR) is 78.6 cm³/mol. The molecule has 22 heavy (non-hydrogen) atoms. The number of ether oxygens (including phenoxy) is 2. The van der Waals surface area contributed by atoms with Crippen LogP contribution in [-0.4, -0.2) is 25.2 Å². The van der Waals surface area contributed by atoms with Crippen LogP contribution in [0.2, 0.25) is 0 Å². The topological polar surface area (TPSA) is 52.6 Å². The Labute approximate surface area is 128 Å². The van der Waals surface area contributed by atoms with Gasteiger partial charge in [-0.1, -0.05) is 18.2 Å². The second-order valence-electron chi connectivity index (χ2n) is 5.04. The van der Waals surface area contributed by atoms with Crippen molar-refractivity contribution in [1.29, 1.82) is 0 Å². The predicted octanol–water partition coefficient (Wildman–Crippen LogP) is 2.98. The van der Waals surface area contributed by atoms with Crippen LogP contribution in [0.4, 0.5) is 4.39 Å². The van der Waals surface area contributed by atoms with E-state index in [2.05, 4.69) is 0 Å².